The molecule has 0 spiro atoms. The van der Waals surface area contributed by atoms with Gasteiger partial charge in [-0.2, -0.15) is 0 Å². The summed E-state index contributed by atoms with van der Waals surface area (Å²) in [4.78, 5) is 11.6. The van der Waals surface area contributed by atoms with E-state index in [-0.39, 0.29) is 5.13 Å². The quantitative estimate of drug-likeness (QED) is 0.794. The normalized spacial score (nSPS) is 11.0. The number of anilines is 1. The number of aromatic nitrogens is 3. The van der Waals surface area contributed by atoms with Crippen LogP contribution in [-0.2, 0) is 6.42 Å². The second kappa shape index (κ2) is 7.25. The lowest BCUT2D eigenvalue weighted by atomic mass is 10.1. The van der Waals surface area contributed by atoms with Crippen molar-refractivity contribution in [1.82, 2.24) is 20.7 Å². The zero-order valence-electron chi connectivity index (χ0n) is 12.0. The van der Waals surface area contributed by atoms with Crippen LogP contribution in [0.3, 0.4) is 0 Å². The molecule has 0 aliphatic rings. The molecule has 0 aliphatic carbocycles. The molecule has 0 fully saturated rings. The third-order valence-electron chi connectivity index (χ3n) is 2.92. The molecule has 2 N–H and O–H groups in total. The number of hydrogen-bond donors (Lipinski definition) is 2. The molecule has 7 nitrogen and oxygen atoms in total. The maximum absolute atomic E-state index is 12.3. The zero-order chi connectivity index (χ0) is 16.1. The van der Waals surface area contributed by atoms with Gasteiger partial charge >= 0.3 is 6.03 Å². The molecule has 120 valence electrons. The molecule has 2 aromatic heterocycles. The Balaban J connectivity index is 1.71. The van der Waals surface area contributed by atoms with Crippen LogP contribution in [0, 0.1) is 13.8 Å². The fraction of sp³-hybridized carbons (Fsp3) is 0.500. The molecule has 0 saturated heterocycles. The second-order valence-corrected chi connectivity index (χ2v) is 5.54. The standard InChI is InChI=1S/C12H15F2N5O2S/c1-6-8(7(2)21-19-6)4-3-5-15-11(20)16-12-18-17-10(22-12)9(13)14/h9H,3-5H2,1-2H3,(H2,15,16,18,20). The van der Waals surface area contributed by atoms with E-state index in [9.17, 15) is 13.6 Å². The van der Waals surface area contributed by atoms with E-state index < -0.39 is 17.5 Å². The summed E-state index contributed by atoms with van der Waals surface area (Å²) in [6.07, 6.45) is -1.25. The van der Waals surface area contributed by atoms with Crippen LogP contribution in [0.2, 0.25) is 0 Å². The molecule has 0 radical (unpaired) electrons. The van der Waals surface area contributed by atoms with E-state index in [0.29, 0.717) is 24.3 Å². The SMILES string of the molecule is Cc1noc(C)c1CCCNC(=O)Nc1nnc(C(F)F)s1. The molecular weight excluding hydrogens is 316 g/mol. The number of aryl methyl sites for hydroxylation is 2. The minimum absolute atomic E-state index is 0.0403. The largest absolute Gasteiger partial charge is 0.361 e. The maximum atomic E-state index is 12.3. The van der Waals surface area contributed by atoms with Crippen molar-refractivity contribution in [2.24, 2.45) is 0 Å². The highest BCUT2D eigenvalue weighted by Crippen LogP contribution is 2.24. The first-order valence-corrected chi connectivity index (χ1v) is 7.37. The molecule has 10 heteroatoms. The van der Waals surface area contributed by atoms with Gasteiger partial charge < -0.3 is 9.84 Å². The van der Waals surface area contributed by atoms with Crippen molar-refractivity contribution in [1.29, 1.82) is 0 Å². The van der Waals surface area contributed by atoms with E-state index in [2.05, 4.69) is 26.0 Å². The van der Waals surface area contributed by atoms with Crippen molar-refractivity contribution in [2.75, 3.05) is 11.9 Å². The molecule has 0 aromatic carbocycles. The first kappa shape index (κ1) is 16.3. The topological polar surface area (TPSA) is 92.9 Å². The van der Waals surface area contributed by atoms with Crippen molar-refractivity contribution in [3.63, 3.8) is 0 Å². The molecule has 2 heterocycles. The molecule has 0 atom stereocenters. The third-order valence-corrected chi connectivity index (χ3v) is 3.76. The van der Waals surface area contributed by atoms with Gasteiger partial charge in [0.05, 0.1) is 5.69 Å². The van der Waals surface area contributed by atoms with Gasteiger partial charge in [-0.15, -0.1) is 10.2 Å². The smallest absolute Gasteiger partial charge is 0.321 e. The fourth-order valence-electron chi connectivity index (χ4n) is 1.84. The fourth-order valence-corrected chi connectivity index (χ4v) is 2.43. The Hall–Kier alpha value is -2.10. The van der Waals surface area contributed by atoms with Crippen LogP contribution in [0.5, 0.6) is 0 Å². The number of alkyl halides is 2. The average Bonchev–Trinajstić information content (AvgIpc) is 3.04. The van der Waals surface area contributed by atoms with Crippen LogP contribution >= 0.6 is 11.3 Å². The van der Waals surface area contributed by atoms with E-state index in [4.69, 9.17) is 4.52 Å². The highest BCUT2D eigenvalue weighted by atomic mass is 32.1. The highest BCUT2D eigenvalue weighted by molar-refractivity contribution is 7.15. The van der Waals surface area contributed by atoms with Gasteiger partial charge in [-0.1, -0.05) is 16.5 Å². The number of carbonyl (C=O) groups excluding carboxylic acids is 1. The number of amides is 2. The van der Waals surface area contributed by atoms with Crippen molar-refractivity contribution in [3.8, 4) is 0 Å². The Morgan fingerprint density at radius 3 is 2.73 bits per heavy atom. The number of hydrogen-bond acceptors (Lipinski definition) is 6. The summed E-state index contributed by atoms with van der Waals surface area (Å²) < 4.78 is 29.7. The van der Waals surface area contributed by atoms with E-state index in [1.807, 2.05) is 13.8 Å². The summed E-state index contributed by atoms with van der Waals surface area (Å²) in [5, 5.41) is 15.2. The molecular formula is C12H15F2N5O2S. The van der Waals surface area contributed by atoms with Crippen LogP contribution in [0.15, 0.2) is 4.52 Å². The number of nitrogens with zero attached hydrogens (tertiary/aromatic N) is 3. The van der Waals surface area contributed by atoms with Gasteiger partial charge in [0.2, 0.25) is 5.13 Å². The predicted octanol–water partition coefficient (Wildman–Crippen LogP) is 2.83. The maximum Gasteiger partial charge on any atom is 0.321 e. The number of urea groups is 1. The minimum Gasteiger partial charge on any atom is -0.361 e. The third kappa shape index (κ3) is 4.20. The monoisotopic (exact) mass is 331 g/mol. The molecule has 22 heavy (non-hydrogen) atoms. The van der Waals surface area contributed by atoms with Gasteiger partial charge in [0.1, 0.15) is 5.76 Å². The minimum atomic E-state index is -2.69. The molecule has 0 saturated carbocycles. The van der Waals surface area contributed by atoms with Crippen LogP contribution in [0.25, 0.3) is 0 Å². The summed E-state index contributed by atoms with van der Waals surface area (Å²) in [5.74, 6) is 0.773. The zero-order valence-corrected chi connectivity index (χ0v) is 12.8. The van der Waals surface area contributed by atoms with Crippen LogP contribution in [0.1, 0.15) is 34.9 Å². The molecule has 2 amide bonds. The van der Waals surface area contributed by atoms with Crippen molar-refractivity contribution in [2.45, 2.75) is 33.1 Å². The first-order chi connectivity index (χ1) is 10.5. The lowest BCUT2D eigenvalue weighted by Crippen LogP contribution is -2.29. The number of rotatable bonds is 6. The van der Waals surface area contributed by atoms with Crippen LogP contribution in [0.4, 0.5) is 18.7 Å². The van der Waals surface area contributed by atoms with Gasteiger partial charge in [-0.05, 0) is 26.7 Å². The van der Waals surface area contributed by atoms with Crippen molar-refractivity contribution < 1.29 is 18.1 Å². The predicted molar refractivity (Wildman–Crippen MR) is 76.2 cm³/mol. The summed E-state index contributed by atoms with van der Waals surface area (Å²) in [6.45, 7) is 4.13. The van der Waals surface area contributed by atoms with Crippen LogP contribution < -0.4 is 10.6 Å². The Morgan fingerprint density at radius 1 is 1.36 bits per heavy atom. The Morgan fingerprint density at radius 2 is 2.14 bits per heavy atom. The summed E-state index contributed by atoms with van der Waals surface area (Å²) >= 11 is 0.646. The molecule has 0 aliphatic heterocycles. The molecule has 2 aromatic rings. The average molecular weight is 331 g/mol. The van der Waals surface area contributed by atoms with Gasteiger partial charge in [-0.25, -0.2) is 13.6 Å². The van der Waals surface area contributed by atoms with E-state index in [1.54, 1.807) is 0 Å². The Labute approximate surface area is 129 Å². The first-order valence-electron chi connectivity index (χ1n) is 6.55. The van der Waals surface area contributed by atoms with E-state index >= 15 is 0 Å². The van der Waals surface area contributed by atoms with E-state index in [1.165, 1.54) is 0 Å². The van der Waals surface area contributed by atoms with Gasteiger partial charge in [0.15, 0.2) is 5.01 Å². The number of carbonyl (C=O) groups is 1. The van der Waals surface area contributed by atoms with E-state index in [0.717, 1.165) is 23.4 Å². The number of halogens is 2. The molecule has 0 unspecified atom stereocenters. The van der Waals surface area contributed by atoms with Gasteiger partial charge in [0.25, 0.3) is 6.43 Å². The summed E-state index contributed by atoms with van der Waals surface area (Å²) in [5.41, 5.74) is 1.88. The lowest BCUT2D eigenvalue weighted by Gasteiger charge is -2.04. The summed E-state index contributed by atoms with van der Waals surface area (Å²) in [7, 11) is 0. The van der Waals surface area contributed by atoms with Gasteiger partial charge in [0, 0.05) is 12.1 Å². The van der Waals surface area contributed by atoms with Gasteiger partial charge in [-0.3, -0.25) is 5.32 Å². The Bertz CT molecular complexity index is 624. The van der Waals surface area contributed by atoms with Crippen molar-refractivity contribution in [3.05, 3.63) is 22.0 Å². The van der Waals surface area contributed by atoms with Crippen molar-refractivity contribution >= 4 is 22.5 Å². The lowest BCUT2D eigenvalue weighted by molar-refractivity contribution is 0.150. The number of nitrogens with one attached hydrogen (secondary N) is 2. The molecule has 2 rings (SSSR count). The summed E-state index contributed by atoms with van der Waals surface area (Å²) in [6, 6.07) is -0.504. The Kier molecular flexibility index (Phi) is 5.36. The second-order valence-electron chi connectivity index (χ2n) is 4.53. The van der Waals surface area contributed by atoms with Crippen LogP contribution in [-0.4, -0.2) is 27.9 Å². The molecule has 0 bridgehead atoms. The highest BCUT2D eigenvalue weighted by Gasteiger charge is 2.15.